The van der Waals surface area contributed by atoms with E-state index in [0.29, 0.717) is 24.7 Å². The van der Waals surface area contributed by atoms with Gasteiger partial charge in [0.05, 0.1) is 31.5 Å². The minimum absolute atomic E-state index is 0.649. The SMILES string of the molecule is COc1cc2cccnc2c(N2CCOCC2)c1N. The van der Waals surface area contributed by atoms with E-state index in [9.17, 15) is 0 Å². The summed E-state index contributed by atoms with van der Waals surface area (Å²) in [5.41, 5.74) is 8.77. The Morgan fingerprint density at radius 3 is 2.89 bits per heavy atom. The summed E-state index contributed by atoms with van der Waals surface area (Å²) in [6.45, 7) is 3.07. The predicted octanol–water partition coefficient (Wildman–Crippen LogP) is 1.66. The number of nitrogens with two attached hydrogens (primary N) is 1. The molecule has 1 aromatic heterocycles. The summed E-state index contributed by atoms with van der Waals surface area (Å²) in [5, 5.41) is 1.04. The first-order valence-corrected chi connectivity index (χ1v) is 6.35. The summed E-state index contributed by atoms with van der Waals surface area (Å²) in [6, 6.07) is 5.87. The number of pyridine rings is 1. The summed E-state index contributed by atoms with van der Waals surface area (Å²) in [6.07, 6.45) is 1.79. The van der Waals surface area contributed by atoms with Crippen LogP contribution in [0.25, 0.3) is 10.9 Å². The van der Waals surface area contributed by atoms with E-state index in [1.165, 1.54) is 0 Å². The van der Waals surface area contributed by atoms with Crippen LogP contribution in [0.1, 0.15) is 0 Å². The maximum atomic E-state index is 6.24. The number of aromatic nitrogens is 1. The van der Waals surface area contributed by atoms with Crippen molar-refractivity contribution in [1.29, 1.82) is 0 Å². The topological polar surface area (TPSA) is 60.6 Å². The lowest BCUT2D eigenvalue weighted by Crippen LogP contribution is -2.36. The lowest BCUT2D eigenvalue weighted by molar-refractivity contribution is 0.123. The number of anilines is 2. The molecule has 0 bridgehead atoms. The number of benzene rings is 1. The highest BCUT2D eigenvalue weighted by molar-refractivity contribution is 6.00. The second-order valence-electron chi connectivity index (χ2n) is 4.52. The van der Waals surface area contributed by atoms with E-state index in [4.69, 9.17) is 15.2 Å². The Kier molecular flexibility index (Phi) is 3.13. The molecule has 1 aliphatic rings. The van der Waals surface area contributed by atoms with Crippen molar-refractivity contribution in [2.24, 2.45) is 0 Å². The molecule has 0 spiro atoms. The minimum Gasteiger partial charge on any atom is -0.494 e. The number of ether oxygens (including phenoxy) is 2. The molecule has 0 aliphatic carbocycles. The van der Waals surface area contributed by atoms with Gasteiger partial charge in [0.25, 0.3) is 0 Å². The lowest BCUT2D eigenvalue weighted by atomic mass is 10.1. The van der Waals surface area contributed by atoms with Crippen molar-refractivity contribution >= 4 is 22.3 Å². The third-order valence-corrected chi connectivity index (χ3v) is 3.42. The van der Waals surface area contributed by atoms with Gasteiger partial charge in [-0.1, -0.05) is 6.07 Å². The quantitative estimate of drug-likeness (QED) is 0.831. The fourth-order valence-electron chi connectivity index (χ4n) is 2.47. The maximum Gasteiger partial charge on any atom is 0.144 e. The van der Waals surface area contributed by atoms with E-state index in [1.54, 1.807) is 13.3 Å². The average molecular weight is 259 g/mol. The molecular formula is C14H17N3O2. The van der Waals surface area contributed by atoms with E-state index in [2.05, 4.69) is 9.88 Å². The fraction of sp³-hybridized carbons (Fsp3) is 0.357. The molecule has 2 heterocycles. The first-order valence-electron chi connectivity index (χ1n) is 6.35. The van der Waals surface area contributed by atoms with Gasteiger partial charge in [-0.15, -0.1) is 0 Å². The third kappa shape index (κ3) is 2.06. The number of morpholine rings is 1. The monoisotopic (exact) mass is 259 g/mol. The van der Waals surface area contributed by atoms with Gasteiger partial charge in [0, 0.05) is 24.7 Å². The number of nitrogens with zero attached hydrogens (tertiary/aromatic N) is 2. The van der Waals surface area contributed by atoms with Crippen LogP contribution in [0.4, 0.5) is 11.4 Å². The molecule has 1 aromatic carbocycles. The van der Waals surface area contributed by atoms with E-state index in [1.807, 2.05) is 18.2 Å². The smallest absolute Gasteiger partial charge is 0.144 e. The van der Waals surface area contributed by atoms with E-state index < -0.39 is 0 Å². The highest BCUT2D eigenvalue weighted by Gasteiger charge is 2.20. The van der Waals surface area contributed by atoms with Crippen LogP contribution in [-0.4, -0.2) is 38.4 Å². The summed E-state index contributed by atoms with van der Waals surface area (Å²) in [4.78, 5) is 6.69. The lowest BCUT2D eigenvalue weighted by Gasteiger charge is -2.31. The van der Waals surface area contributed by atoms with Gasteiger partial charge in [-0.05, 0) is 12.1 Å². The van der Waals surface area contributed by atoms with Gasteiger partial charge in [-0.2, -0.15) is 0 Å². The second kappa shape index (κ2) is 4.93. The van der Waals surface area contributed by atoms with Gasteiger partial charge in [-0.25, -0.2) is 0 Å². The van der Waals surface area contributed by atoms with E-state index >= 15 is 0 Å². The van der Waals surface area contributed by atoms with Crippen molar-refractivity contribution in [2.75, 3.05) is 44.0 Å². The Bertz CT molecular complexity index is 595. The minimum atomic E-state index is 0.649. The van der Waals surface area contributed by atoms with E-state index in [0.717, 1.165) is 29.7 Å². The van der Waals surface area contributed by atoms with Crippen LogP contribution in [0.3, 0.4) is 0 Å². The number of fused-ring (bicyclic) bond motifs is 1. The van der Waals surface area contributed by atoms with Crippen LogP contribution < -0.4 is 15.4 Å². The molecule has 0 saturated carbocycles. The molecular weight excluding hydrogens is 242 g/mol. The van der Waals surface area contributed by atoms with Crippen LogP contribution in [0.2, 0.25) is 0 Å². The molecule has 1 saturated heterocycles. The third-order valence-electron chi connectivity index (χ3n) is 3.42. The van der Waals surface area contributed by atoms with Gasteiger partial charge in [0.1, 0.15) is 11.4 Å². The van der Waals surface area contributed by atoms with Crippen LogP contribution in [0.15, 0.2) is 24.4 Å². The standard InChI is InChI=1S/C14H17N3O2/c1-18-11-9-10-3-2-4-16-13(10)14(12(11)15)17-5-7-19-8-6-17/h2-4,9H,5-8,15H2,1H3. The number of nitrogen functional groups attached to an aromatic ring is 1. The van der Waals surface area contributed by atoms with Crippen LogP contribution >= 0.6 is 0 Å². The molecule has 2 N–H and O–H groups in total. The summed E-state index contributed by atoms with van der Waals surface area (Å²) in [5.74, 6) is 0.696. The van der Waals surface area contributed by atoms with Crippen molar-refractivity contribution in [1.82, 2.24) is 4.98 Å². The zero-order chi connectivity index (χ0) is 13.2. The summed E-state index contributed by atoms with van der Waals surface area (Å²) >= 11 is 0. The molecule has 3 rings (SSSR count). The van der Waals surface area contributed by atoms with Crippen LogP contribution in [-0.2, 0) is 4.74 Å². The number of hydrogen-bond acceptors (Lipinski definition) is 5. The van der Waals surface area contributed by atoms with Gasteiger partial charge in [0.15, 0.2) is 0 Å². The highest BCUT2D eigenvalue weighted by atomic mass is 16.5. The Hall–Kier alpha value is -2.01. The van der Waals surface area contributed by atoms with Crippen LogP contribution in [0, 0.1) is 0 Å². The number of hydrogen-bond donors (Lipinski definition) is 1. The molecule has 0 amide bonds. The predicted molar refractivity (Wildman–Crippen MR) is 75.7 cm³/mol. The van der Waals surface area contributed by atoms with Crippen molar-refractivity contribution in [2.45, 2.75) is 0 Å². The molecule has 0 unspecified atom stereocenters. The molecule has 0 atom stereocenters. The van der Waals surface area contributed by atoms with Gasteiger partial charge < -0.3 is 20.1 Å². The van der Waals surface area contributed by atoms with Crippen LogP contribution in [0.5, 0.6) is 5.75 Å². The molecule has 100 valence electrons. The van der Waals surface area contributed by atoms with Crippen molar-refractivity contribution in [3.8, 4) is 5.75 Å². The zero-order valence-electron chi connectivity index (χ0n) is 10.9. The van der Waals surface area contributed by atoms with Crippen molar-refractivity contribution in [3.63, 3.8) is 0 Å². The Labute approximate surface area is 111 Å². The first-order chi connectivity index (χ1) is 9.31. The van der Waals surface area contributed by atoms with E-state index in [-0.39, 0.29) is 0 Å². The highest BCUT2D eigenvalue weighted by Crippen LogP contribution is 2.38. The normalized spacial score (nSPS) is 15.7. The molecule has 5 heteroatoms. The number of rotatable bonds is 2. The molecule has 1 aliphatic heterocycles. The maximum absolute atomic E-state index is 6.24. The van der Waals surface area contributed by atoms with Gasteiger partial charge in [0.2, 0.25) is 0 Å². The molecule has 19 heavy (non-hydrogen) atoms. The summed E-state index contributed by atoms with van der Waals surface area (Å²) in [7, 11) is 1.64. The average Bonchev–Trinajstić information content (AvgIpc) is 2.47. The molecule has 1 fully saturated rings. The Morgan fingerprint density at radius 2 is 2.16 bits per heavy atom. The van der Waals surface area contributed by atoms with Gasteiger partial charge >= 0.3 is 0 Å². The van der Waals surface area contributed by atoms with Crippen molar-refractivity contribution < 1.29 is 9.47 Å². The Morgan fingerprint density at radius 1 is 1.37 bits per heavy atom. The first kappa shape index (κ1) is 12.0. The molecule has 2 aromatic rings. The zero-order valence-corrected chi connectivity index (χ0v) is 10.9. The fourth-order valence-corrected chi connectivity index (χ4v) is 2.47. The molecule has 5 nitrogen and oxygen atoms in total. The number of methoxy groups -OCH3 is 1. The summed E-state index contributed by atoms with van der Waals surface area (Å²) < 4.78 is 10.8. The Balaban J connectivity index is 2.21. The second-order valence-corrected chi connectivity index (χ2v) is 4.52. The van der Waals surface area contributed by atoms with Gasteiger partial charge in [-0.3, -0.25) is 4.98 Å². The molecule has 0 radical (unpaired) electrons. The largest absolute Gasteiger partial charge is 0.494 e. The van der Waals surface area contributed by atoms with Crippen molar-refractivity contribution in [3.05, 3.63) is 24.4 Å².